The lowest BCUT2D eigenvalue weighted by atomic mass is 10.1. The summed E-state index contributed by atoms with van der Waals surface area (Å²) < 4.78 is 0. The molecule has 0 aromatic carbocycles. The van der Waals surface area contributed by atoms with E-state index in [-0.39, 0.29) is 0 Å². The van der Waals surface area contributed by atoms with E-state index >= 15 is 0 Å². The molecule has 10 heavy (non-hydrogen) atoms. The summed E-state index contributed by atoms with van der Waals surface area (Å²) in [5, 5.41) is 4.36. The van der Waals surface area contributed by atoms with Gasteiger partial charge in [0.1, 0.15) is 0 Å². The maximum absolute atomic E-state index is 3.58. The fourth-order valence-corrected chi connectivity index (χ4v) is 2.38. The van der Waals surface area contributed by atoms with Gasteiger partial charge in [0.2, 0.25) is 0 Å². The van der Waals surface area contributed by atoms with Crippen molar-refractivity contribution in [3.63, 3.8) is 0 Å². The molecule has 0 bridgehead atoms. The third-order valence-corrected chi connectivity index (χ3v) is 3.85. The zero-order chi connectivity index (χ0) is 7.78. The summed E-state index contributed by atoms with van der Waals surface area (Å²) in [6.45, 7) is 9.08. The largest absolute Gasteiger partial charge is 0.307 e. The van der Waals surface area contributed by atoms with E-state index in [0.29, 0.717) is 11.6 Å². The first-order chi connectivity index (χ1) is 4.51. The first-order valence-corrected chi connectivity index (χ1v) is 4.95. The fraction of sp³-hybridized carbons (Fsp3) is 1.00. The van der Waals surface area contributed by atoms with Crippen molar-refractivity contribution in [2.24, 2.45) is 0 Å². The highest BCUT2D eigenvalue weighted by Gasteiger charge is 2.29. The Morgan fingerprint density at radius 3 is 2.40 bits per heavy atom. The van der Waals surface area contributed by atoms with Gasteiger partial charge in [0.25, 0.3) is 0 Å². The molecule has 0 saturated carbocycles. The summed E-state index contributed by atoms with van der Waals surface area (Å²) in [6, 6.07) is 0.661. The maximum atomic E-state index is 3.58. The molecule has 0 aliphatic carbocycles. The second-order valence-corrected chi connectivity index (χ2v) is 5.20. The Morgan fingerprint density at radius 1 is 1.40 bits per heavy atom. The molecule has 0 aromatic heterocycles. The van der Waals surface area contributed by atoms with Crippen molar-refractivity contribution < 1.29 is 0 Å². The number of hydrogen-bond donors (Lipinski definition) is 1. The summed E-state index contributed by atoms with van der Waals surface area (Å²) in [5.74, 6) is 1.23. The lowest BCUT2D eigenvalue weighted by Crippen LogP contribution is -2.54. The molecule has 1 aliphatic heterocycles. The first kappa shape index (κ1) is 8.41. The van der Waals surface area contributed by atoms with Crippen LogP contribution in [-0.2, 0) is 0 Å². The van der Waals surface area contributed by atoms with Crippen molar-refractivity contribution in [1.82, 2.24) is 5.32 Å². The smallest absolute Gasteiger partial charge is 0.0218 e. The van der Waals surface area contributed by atoms with E-state index in [1.54, 1.807) is 0 Å². The van der Waals surface area contributed by atoms with Crippen molar-refractivity contribution in [2.45, 2.75) is 44.5 Å². The number of nitrogens with one attached hydrogen (secondary N) is 1. The van der Waals surface area contributed by atoms with Crippen molar-refractivity contribution in [1.29, 1.82) is 0 Å². The Kier molecular flexibility index (Phi) is 2.31. The molecular formula is C8H17NS. The minimum atomic E-state index is 0.344. The van der Waals surface area contributed by atoms with Crippen LogP contribution in [0.25, 0.3) is 0 Å². The van der Waals surface area contributed by atoms with E-state index in [9.17, 15) is 0 Å². The summed E-state index contributed by atoms with van der Waals surface area (Å²) in [4.78, 5) is 0. The van der Waals surface area contributed by atoms with Crippen LogP contribution in [0.4, 0.5) is 0 Å². The maximum Gasteiger partial charge on any atom is 0.0218 e. The average molecular weight is 159 g/mol. The van der Waals surface area contributed by atoms with E-state index in [4.69, 9.17) is 0 Å². The standard InChI is InChI=1S/C8H17NS/c1-6-7(2)10-5-8(3,4)9-6/h6-7,9H,5H2,1-4H3. The fourth-order valence-electron chi connectivity index (χ4n) is 1.26. The van der Waals surface area contributed by atoms with Crippen LogP contribution >= 0.6 is 11.8 Å². The van der Waals surface area contributed by atoms with Gasteiger partial charge < -0.3 is 5.32 Å². The Morgan fingerprint density at radius 2 is 2.00 bits per heavy atom. The highest BCUT2D eigenvalue weighted by molar-refractivity contribution is 8.00. The van der Waals surface area contributed by atoms with Gasteiger partial charge in [0.05, 0.1) is 0 Å². The Bertz CT molecular complexity index is 122. The van der Waals surface area contributed by atoms with Gasteiger partial charge in [-0.3, -0.25) is 0 Å². The quantitative estimate of drug-likeness (QED) is 0.579. The first-order valence-electron chi connectivity index (χ1n) is 3.90. The van der Waals surface area contributed by atoms with Gasteiger partial charge in [-0.1, -0.05) is 6.92 Å². The molecule has 1 rings (SSSR count). The molecule has 2 heteroatoms. The van der Waals surface area contributed by atoms with Gasteiger partial charge >= 0.3 is 0 Å². The molecule has 1 nitrogen and oxygen atoms in total. The highest BCUT2D eigenvalue weighted by Crippen LogP contribution is 2.26. The molecular weight excluding hydrogens is 142 g/mol. The molecule has 0 aromatic rings. The van der Waals surface area contributed by atoms with Crippen LogP contribution in [0.3, 0.4) is 0 Å². The lowest BCUT2D eigenvalue weighted by Gasteiger charge is -2.38. The zero-order valence-corrected chi connectivity index (χ0v) is 8.09. The van der Waals surface area contributed by atoms with Gasteiger partial charge in [-0.15, -0.1) is 0 Å². The van der Waals surface area contributed by atoms with Gasteiger partial charge in [-0.25, -0.2) is 0 Å². The molecule has 0 spiro atoms. The van der Waals surface area contributed by atoms with Crippen LogP contribution in [-0.4, -0.2) is 22.6 Å². The molecule has 1 fully saturated rings. The molecule has 2 atom stereocenters. The molecule has 60 valence electrons. The summed E-state index contributed by atoms with van der Waals surface area (Å²) in [5.41, 5.74) is 0.344. The van der Waals surface area contributed by atoms with Crippen LogP contribution < -0.4 is 5.32 Å². The Labute approximate surface area is 68.0 Å². The molecule has 1 saturated heterocycles. The Hall–Kier alpha value is 0.310. The van der Waals surface area contributed by atoms with Gasteiger partial charge in [-0.2, -0.15) is 11.8 Å². The predicted molar refractivity (Wildman–Crippen MR) is 48.6 cm³/mol. The third kappa shape index (κ3) is 1.89. The van der Waals surface area contributed by atoms with Gasteiger partial charge in [0.15, 0.2) is 0 Å². The minimum Gasteiger partial charge on any atom is -0.307 e. The van der Waals surface area contributed by atoms with Crippen LogP contribution in [0.15, 0.2) is 0 Å². The van der Waals surface area contributed by atoms with Crippen LogP contribution in [0.1, 0.15) is 27.7 Å². The zero-order valence-electron chi connectivity index (χ0n) is 7.27. The van der Waals surface area contributed by atoms with E-state index < -0.39 is 0 Å². The molecule has 1 aliphatic rings. The monoisotopic (exact) mass is 159 g/mol. The minimum absolute atomic E-state index is 0.344. The van der Waals surface area contributed by atoms with Crippen LogP contribution in [0.5, 0.6) is 0 Å². The summed E-state index contributed by atoms with van der Waals surface area (Å²) >= 11 is 2.07. The number of thioether (sulfide) groups is 1. The third-order valence-electron chi connectivity index (χ3n) is 2.03. The topological polar surface area (TPSA) is 12.0 Å². The van der Waals surface area contributed by atoms with Crippen molar-refractivity contribution >= 4 is 11.8 Å². The highest BCUT2D eigenvalue weighted by atomic mass is 32.2. The lowest BCUT2D eigenvalue weighted by molar-refractivity contribution is 0.362. The van der Waals surface area contributed by atoms with Gasteiger partial charge in [0, 0.05) is 22.6 Å². The van der Waals surface area contributed by atoms with E-state index in [0.717, 1.165) is 5.25 Å². The summed E-state index contributed by atoms with van der Waals surface area (Å²) in [6.07, 6.45) is 0. The molecule has 0 radical (unpaired) electrons. The van der Waals surface area contributed by atoms with Gasteiger partial charge in [-0.05, 0) is 20.8 Å². The van der Waals surface area contributed by atoms with Crippen molar-refractivity contribution in [2.75, 3.05) is 5.75 Å². The molecule has 2 unspecified atom stereocenters. The normalized spacial score (nSPS) is 39.6. The van der Waals surface area contributed by atoms with Crippen LogP contribution in [0.2, 0.25) is 0 Å². The van der Waals surface area contributed by atoms with Crippen molar-refractivity contribution in [3.05, 3.63) is 0 Å². The molecule has 1 heterocycles. The summed E-state index contributed by atoms with van der Waals surface area (Å²) in [7, 11) is 0. The number of rotatable bonds is 0. The molecule has 0 amide bonds. The molecule has 1 N–H and O–H groups in total. The predicted octanol–water partition coefficient (Wildman–Crippen LogP) is 1.88. The van der Waals surface area contributed by atoms with E-state index in [1.165, 1.54) is 5.75 Å². The second-order valence-electron chi connectivity index (χ2n) is 3.83. The van der Waals surface area contributed by atoms with Crippen LogP contribution in [0, 0.1) is 0 Å². The number of hydrogen-bond acceptors (Lipinski definition) is 2. The van der Waals surface area contributed by atoms with E-state index in [1.807, 2.05) is 0 Å². The van der Waals surface area contributed by atoms with Crippen molar-refractivity contribution in [3.8, 4) is 0 Å². The second kappa shape index (κ2) is 2.74. The Balaban J connectivity index is 2.49. The SMILES string of the molecule is CC1NC(C)(C)CSC1C. The van der Waals surface area contributed by atoms with E-state index in [2.05, 4.69) is 44.8 Å². The average Bonchev–Trinajstić information content (AvgIpc) is 1.79.